The van der Waals surface area contributed by atoms with Gasteiger partial charge in [-0.3, -0.25) is 19.2 Å². The van der Waals surface area contributed by atoms with Crippen LogP contribution in [0, 0.1) is 17.8 Å². The zero-order valence-corrected chi connectivity index (χ0v) is 23.1. The van der Waals surface area contributed by atoms with Crippen molar-refractivity contribution in [1.82, 2.24) is 10.2 Å². The van der Waals surface area contributed by atoms with Gasteiger partial charge >= 0.3 is 0 Å². The van der Waals surface area contributed by atoms with Crippen molar-refractivity contribution >= 4 is 39.2 Å². The lowest BCUT2D eigenvalue weighted by Gasteiger charge is -2.38. The highest BCUT2D eigenvalue weighted by Crippen LogP contribution is 2.25. The van der Waals surface area contributed by atoms with Crippen molar-refractivity contribution in [3.63, 3.8) is 0 Å². The molecule has 1 aliphatic rings. The Labute approximate surface area is 226 Å². The Morgan fingerprint density at radius 3 is 2.49 bits per heavy atom. The topological polar surface area (TPSA) is 119 Å². The summed E-state index contributed by atoms with van der Waals surface area (Å²) in [6, 6.07) is 6.07. The van der Waals surface area contributed by atoms with Gasteiger partial charge in [-0.2, -0.15) is 0 Å². The van der Waals surface area contributed by atoms with Crippen LogP contribution in [0.3, 0.4) is 0 Å². The quantitative estimate of drug-likeness (QED) is 0.240. The summed E-state index contributed by atoms with van der Waals surface area (Å²) in [6.45, 7) is 7.03. The zero-order chi connectivity index (χ0) is 27.5. The number of carbonyl (C=O) groups excluding carboxylic acids is 4. The summed E-state index contributed by atoms with van der Waals surface area (Å²) in [6.07, 6.45) is 0.622. The number of nitrogens with one attached hydrogen (secondary N) is 1. The number of nitrogens with zero attached hydrogens (tertiary/aromatic N) is 1. The van der Waals surface area contributed by atoms with Gasteiger partial charge in [0.25, 0.3) is 0 Å². The zero-order valence-electron chi connectivity index (χ0n) is 21.5. The maximum atomic E-state index is 13.6. The molecule has 3 N–H and O–H groups in total. The highest BCUT2D eigenvalue weighted by atomic mass is 79.9. The largest absolute Gasteiger partial charge is 0.386 e. The number of amides is 1. The number of hydrogen-bond donors (Lipinski definition) is 2. The number of halogens is 2. The summed E-state index contributed by atoms with van der Waals surface area (Å²) < 4.78 is 19.6. The van der Waals surface area contributed by atoms with E-state index >= 15 is 0 Å². The minimum Gasteiger partial charge on any atom is -0.386 e. The number of benzene rings is 1. The van der Waals surface area contributed by atoms with Gasteiger partial charge in [-0.25, -0.2) is 4.39 Å². The number of ether oxygens (including phenoxy) is 1. The van der Waals surface area contributed by atoms with Crippen LogP contribution in [-0.2, 0) is 19.1 Å². The molecule has 8 nitrogen and oxygen atoms in total. The molecule has 0 aromatic heterocycles. The Morgan fingerprint density at radius 2 is 1.89 bits per heavy atom. The number of hydrogen-bond acceptors (Lipinski definition) is 7. The molecule has 10 heteroatoms. The summed E-state index contributed by atoms with van der Waals surface area (Å²) in [5.41, 5.74) is 5.98. The van der Waals surface area contributed by atoms with E-state index in [4.69, 9.17) is 10.5 Å². The second-order valence-electron chi connectivity index (χ2n) is 9.67. The lowest BCUT2D eigenvalue weighted by atomic mass is 9.86. The number of alkyl halides is 1. The van der Waals surface area contributed by atoms with Crippen molar-refractivity contribution in [3.05, 3.63) is 46.7 Å². The number of morpholine rings is 1. The van der Waals surface area contributed by atoms with Crippen LogP contribution in [0.15, 0.2) is 41.1 Å². The van der Waals surface area contributed by atoms with E-state index in [9.17, 15) is 23.6 Å². The van der Waals surface area contributed by atoms with Gasteiger partial charge in [0.05, 0.1) is 19.0 Å². The number of Topliss-reactive ketones (excluding diaryl/α,β-unsaturated/α-hetero) is 3. The van der Waals surface area contributed by atoms with Gasteiger partial charge in [-0.1, -0.05) is 48.5 Å². The molecule has 0 aliphatic carbocycles. The van der Waals surface area contributed by atoms with Crippen molar-refractivity contribution in [2.24, 2.45) is 23.5 Å². The number of rotatable bonds is 15. The second kappa shape index (κ2) is 15.0. The van der Waals surface area contributed by atoms with Crippen LogP contribution in [-0.4, -0.2) is 67.2 Å². The third kappa shape index (κ3) is 9.34. The van der Waals surface area contributed by atoms with Crippen LogP contribution in [0.4, 0.5) is 4.39 Å². The Morgan fingerprint density at radius 1 is 1.22 bits per heavy atom. The van der Waals surface area contributed by atoms with Crippen LogP contribution in [0.5, 0.6) is 0 Å². The molecule has 0 unspecified atom stereocenters. The van der Waals surface area contributed by atoms with Gasteiger partial charge in [0.2, 0.25) is 5.91 Å². The summed E-state index contributed by atoms with van der Waals surface area (Å²) in [7, 11) is 0. The Hall–Kier alpha value is -2.59. The van der Waals surface area contributed by atoms with Gasteiger partial charge in [0.1, 0.15) is 12.7 Å². The third-order valence-corrected chi connectivity index (χ3v) is 7.12. The predicted octanol–water partition coefficient (Wildman–Crippen LogP) is 3.44. The van der Waals surface area contributed by atoms with Crippen LogP contribution in [0.25, 0.3) is 0 Å². The third-order valence-electron chi connectivity index (χ3n) is 6.59. The molecule has 37 heavy (non-hydrogen) atoms. The Bertz CT molecular complexity index is 969. The first kappa shape index (κ1) is 30.6. The molecule has 0 bridgehead atoms. The van der Waals surface area contributed by atoms with Crippen molar-refractivity contribution in [2.75, 3.05) is 33.0 Å². The summed E-state index contributed by atoms with van der Waals surface area (Å²) in [4.78, 5) is 53.5. The minimum atomic E-state index is -1.16. The Balaban J connectivity index is 2.13. The molecule has 1 aromatic carbocycles. The molecule has 1 amide bonds. The predicted molar refractivity (Wildman–Crippen MR) is 142 cm³/mol. The van der Waals surface area contributed by atoms with Crippen LogP contribution >= 0.6 is 15.9 Å². The van der Waals surface area contributed by atoms with E-state index in [0.29, 0.717) is 24.9 Å². The van der Waals surface area contributed by atoms with Crippen molar-refractivity contribution < 1.29 is 28.3 Å². The second-order valence-corrected chi connectivity index (χ2v) is 10.6. The number of carbonyl (C=O) groups is 4. The van der Waals surface area contributed by atoms with Gasteiger partial charge in [0, 0.05) is 47.8 Å². The fourth-order valence-corrected chi connectivity index (χ4v) is 4.64. The summed E-state index contributed by atoms with van der Waals surface area (Å²) in [5, 5.41) is 2.84. The Kier molecular flexibility index (Phi) is 12.4. The van der Waals surface area contributed by atoms with Crippen molar-refractivity contribution in [3.8, 4) is 0 Å². The van der Waals surface area contributed by atoms with E-state index in [1.807, 2.05) is 13.8 Å². The van der Waals surface area contributed by atoms with Crippen molar-refractivity contribution in [1.29, 1.82) is 0 Å². The molecule has 204 valence electrons. The lowest BCUT2D eigenvalue weighted by molar-refractivity contribution is -0.152. The van der Waals surface area contributed by atoms with Gasteiger partial charge in [-0.05, 0) is 30.9 Å². The minimum absolute atomic E-state index is 0.00113. The maximum Gasteiger partial charge on any atom is 0.227 e. The summed E-state index contributed by atoms with van der Waals surface area (Å²) >= 11 is 3.35. The first-order chi connectivity index (χ1) is 17.5. The van der Waals surface area contributed by atoms with Gasteiger partial charge < -0.3 is 20.7 Å². The van der Waals surface area contributed by atoms with E-state index in [1.165, 1.54) is 4.90 Å². The molecule has 1 aromatic rings. The molecule has 2 rings (SSSR count). The van der Waals surface area contributed by atoms with Crippen LogP contribution in [0.2, 0.25) is 0 Å². The van der Waals surface area contributed by atoms with E-state index in [-0.39, 0.29) is 61.8 Å². The van der Waals surface area contributed by atoms with E-state index < -0.39 is 30.3 Å². The molecule has 0 saturated carbocycles. The fraction of sp³-hybridized carbons (Fsp3) is 0.556. The highest BCUT2D eigenvalue weighted by molar-refractivity contribution is 9.10. The standard InChI is InChI=1S/C27H37BrFN3O5/c1-17(2)22(14-24(33)19-6-8-21(28)9-7-19)27(36)32-11-12-37-16-23(32)25(34)13-20(26(35)15-29)5-4-10-31-18(3)30/h6-9,17,20,22-23,31H,3-5,10-16,30H2,1-2H3/t20-,22+,23+/m1/s1. The van der Waals surface area contributed by atoms with Crippen LogP contribution in [0.1, 0.15) is 49.9 Å². The molecule has 1 fully saturated rings. The fourth-order valence-electron chi connectivity index (χ4n) is 4.37. The van der Waals surface area contributed by atoms with Gasteiger partial charge in [-0.15, -0.1) is 0 Å². The molecule has 0 radical (unpaired) electrons. The molecule has 1 heterocycles. The van der Waals surface area contributed by atoms with E-state index in [1.54, 1.807) is 24.3 Å². The van der Waals surface area contributed by atoms with Crippen molar-refractivity contribution in [2.45, 2.75) is 45.6 Å². The smallest absolute Gasteiger partial charge is 0.227 e. The number of nitrogens with two attached hydrogens (primary N) is 1. The average Bonchev–Trinajstić information content (AvgIpc) is 2.87. The molecular formula is C27H37BrFN3O5. The maximum absolute atomic E-state index is 13.6. The average molecular weight is 583 g/mol. The SMILES string of the molecule is C=C(N)NCCC[C@H](CC(=O)[C@@H]1COCCN1C(=O)[C@@H](CC(=O)c1ccc(Br)cc1)C(C)C)C(=O)CF. The van der Waals surface area contributed by atoms with Crippen LogP contribution < -0.4 is 11.1 Å². The monoisotopic (exact) mass is 581 g/mol. The molecule has 1 aliphatic heterocycles. The number of ketones is 3. The van der Waals surface area contributed by atoms with E-state index in [2.05, 4.69) is 27.8 Å². The highest BCUT2D eigenvalue weighted by Gasteiger charge is 2.38. The molecule has 1 saturated heterocycles. The summed E-state index contributed by atoms with van der Waals surface area (Å²) in [5.74, 6) is -2.72. The van der Waals surface area contributed by atoms with Gasteiger partial charge in [0.15, 0.2) is 17.3 Å². The first-order valence-electron chi connectivity index (χ1n) is 12.5. The molecule has 0 spiro atoms. The molecule has 3 atom stereocenters. The normalized spacial score (nSPS) is 17.2. The first-order valence-corrected chi connectivity index (χ1v) is 13.3. The molecular weight excluding hydrogens is 545 g/mol. The lowest BCUT2D eigenvalue weighted by Crippen LogP contribution is -2.55. The van der Waals surface area contributed by atoms with E-state index in [0.717, 1.165) is 4.47 Å².